The summed E-state index contributed by atoms with van der Waals surface area (Å²) in [7, 11) is -1.41. The Bertz CT molecular complexity index is 572. The van der Waals surface area contributed by atoms with Crippen LogP contribution in [-0.2, 0) is 9.84 Å². The summed E-state index contributed by atoms with van der Waals surface area (Å²) < 4.78 is 30.5. The van der Waals surface area contributed by atoms with Crippen LogP contribution in [-0.4, -0.2) is 62.0 Å². The Kier molecular flexibility index (Phi) is 4.17. The Hall–Kier alpha value is -1.15. The van der Waals surface area contributed by atoms with Crippen LogP contribution in [0.25, 0.3) is 0 Å². The van der Waals surface area contributed by atoms with Crippen molar-refractivity contribution in [3.05, 3.63) is 0 Å². The van der Waals surface area contributed by atoms with Crippen molar-refractivity contribution in [2.24, 2.45) is 0 Å². The first-order valence-electron chi connectivity index (χ1n) is 7.58. The molecule has 0 N–H and O–H groups in total. The van der Waals surface area contributed by atoms with E-state index in [0.29, 0.717) is 18.9 Å². The third-order valence-corrected chi connectivity index (χ3v) is 6.40. The van der Waals surface area contributed by atoms with Crippen LogP contribution in [0.1, 0.15) is 32.1 Å². The van der Waals surface area contributed by atoms with E-state index in [4.69, 9.17) is 4.42 Å². The fourth-order valence-electron chi connectivity index (χ4n) is 2.96. The second-order valence-electron chi connectivity index (χ2n) is 5.95. The predicted octanol–water partition coefficient (Wildman–Crippen LogP) is 0.928. The lowest BCUT2D eigenvalue weighted by Gasteiger charge is -2.30. The van der Waals surface area contributed by atoms with E-state index >= 15 is 0 Å². The number of sulfone groups is 1. The Morgan fingerprint density at radius 1 is 1.05 bits per heavy atom. The number of rotatable bonds is 3. The van der Waals surface area contributed by atoms with Gasteiger partial charge in [-0.1, -0.05) is 29.5 Å². The Morgan fingerprint density at radius 3 is 2.38 bits per heavy atom. The molecule has 118 valence electrons. The van der Waals surface area contributed by atoms with E-state index in [2.05, 4.69) is 22.1 Å². The highest BCUT2D eigenvalue weighted by molar-refractivity contribution is 7.91. The average Bonchev–Trinajstić information content (AvgIpc) is 2.99. The van der Waals surface area contributed by atoms with E-state index in [9.17, 15) is 8.42 Å². The van der Waals surface area contributed by atoms with Crippen molar-refractivity contribution < 1.29 is 12.8 Å². The summed E-state index contributed by atoms with van der Waals surface area (Å²) in [5.41, 5.74) is 0. The number of likely N-dealkylation sites (N-methyl/N-ethyl adjacent to an activating group) is 1. The highest BCUT2D eigenvalue weighted by atomic mass is 32.2. The van der Waals surface area contributed by atoms with Gasteiger partial charge < -0.3 is 14.2 Å². The van der Waals surface area contributed by atoms with Gasteiger partial charge in [-0.2, -0.15) is 0 Å². The molecule has 0 bridgehead atoms. The van der Waals surface area contributed by atoms with Gasteiger partial charge in [0.05, 0.1) is 5.25 Å². The third-order valence-electron chi connectivity index (χ3n) is 4.40. The number of anilines is 1. The summed E-state index contributed by atoms with van der Waals surface area (Å²) >= 11 is 0. The summed E-state index contributed by atoms with van der Waals surface area (Å²) in [5, 5.41) is 7.18. The SMILES string of the molecule is CN1CCN(c2nnc(S(=O)(=O)C3CCCCC3)o2)CC1. The van der Waals surface area contributed by atoms with Crippen LogP contribution in [0.5, 0.6) is 0 Å². The van der Waals surface area contributed by atoms with Crippen molar-refractivity contribution in [1.82, 2.24) is 15.1 Å². The van der Waals surface area contributed by atoms with Gasteiger partial charge in [-0.05, 0) is 19.9 Å². The molecule has 1 aromatic heterocycles. The van der Waals surface area contributed by atoms with Crippen LogP contribution < -0.4 is 4.90 Å². The van der Waals surface area contributed by atoms with Crippen molar-refractivity contribution in [1.29, 1.82) is 0 Å². The van der Waals surface area contributed by atoms with Crippen LogP contribution in [0.2, 0.25) is 0 Å². The highest BCUT2D eigenvalue weighted by Gasteiger charge is 2.34. The maximum atomic E-state index is 12.5. The molecular formula is C13H22N4O3S. The number of nitrogens with zero attached hydrogens (tertiary/aromatic N) is 4. The van der Waals surface area contributed by atoms with E-state index in [0.717, 1.165) is 45.4 Å². The molecular weight excluding hydrogens is 292 g/mol. The van der Waals surface area contributed by atoms with E-state index in [1.165, 1.54) is 0 Å². The van der Waals surface area contributed by atoms with Gasteiger partial charge in [0.15, 0.2) is 0 Å². The van der Waals surface area contributed by atoms with Crippen LogP contribution in [0, 0.1) is 0 Å². The molecule has 21 heavy (non-hydrogen) atoms. The zero-order valence-electron chi connectivity index (χ0n) is 12.4. The van der Waals surface area contributed by atoms with E-state index in [1.54, 1.807) is 0 Å². The third kappa shape index (κ3) is 3.06. The van der Waals surface area contributed by atoms with Gasteiger partial charge in [0, 0.05) is 26.2 Å². The van der Waals surface area contributed by atoms with Gasteiger partial charge in [0.2, 0.25) is 9.84 Å². The van der Waals surface area contributed by atoms with Gasteiger partial charge in [-0.3, -0.25) is 0 Å². The highest BCUT2D eigenvalue weighted by Crippen LogP contribution is 2.29. The van der Waals surface area contributed by atoms with Crippen LogP contribution in [0.4, 0.5) is 6.01 Å². The summed E-state index contributed by atoms with van der Waals surface area (Å²) in [6.45, 7) is 3.38. The molecule has 0 aromatic carbocycles. The molecule has 2 fully saturated rings. The van der Waals surface area contributed by atoms with Crippen molar-refractivity contribution >= 4 is 15.9 Å². The van der Waals surface area contributed by atoms with Crippen LogP contribution in [0.3, 0.4) is 0 Å². The summed E-state index contributed by atoms with van der Waals surface area (Å²) in [4.78, 5) is 4.17. The standard InChI is InChI=1S/C13H22N4O3S/c1-16-7-9-17(10-8-16)12-14-15-13(20-12)21(18,19)11-5-3-2-4-6-11/h11H,2-10H2,1H3. The second-order valence-corrected chi connectivity index (χ2v) is 8.05. The largest absolute Gasteiger partial charge is 0.394 e. The van der Waals surface area contributed by atoms with E-state index < -0.39 is 9.84 Å². The summed E-state index contributed by atoms with van der Waals surface area (Å²) in [5.74, 6) is 0. The topological polar surface area (TPSA) is 79.5 Å². The van der Waals surface area contributed by atoms with E-state index in [1.807, 2.05) is 4.90 Å². The van der Waals surface area contributed by atoms with Gasteiger partial charge >= 0.3 is 11.2 Å². The molecule has 0 radical (unpaired) electrons. The lowest BCUT2D eigenvalue weighted by Crippen LogP contribution is -2.44. The molecule has 0 unspecified atom stereocenters. The van der Waals surface area contributed by atoms with E-state index in [-0.39, 0.29) is 10.5 Å². The fourth-order valence-corrected chi connectivity index (χ4v) is 4.55. The molecule has 2 heterocycles. The molecule has 1 saturated heterocycles. The van der Waals surface area contributed by atoms with Crippen molar-refractivity contribution in [2.45, 2.75) is 42.6 Å². The Balaban J connectivity index is 1.74. The molecule has 0 amide bonds. The average molecular weight is 314 g/mol. The van der Waals surface area contributed by atoms with Gasteiger partial charge in [0.1, 0.15) is 0 Å². The van der Waals surface area contributed by atoms with Gasteiger partial charge in [-0.25, -0.2) is 8.42 Å². The van der Waals surface area contributed by atoms with Crippen LogP contribution in [0.15, 0.2) is 9.64 Å². The monoisotopic (exact) mass is 314 g/mol. The number of hydrogen-bond donors (Lipinski definition) is 0. The van der Waals surface area contributed by atoms with Crippen molar-refractivity contribution in [2.75, 3.05) is 38.1 Å². The maximum Gasteiger partial charge on any atom is 0.337 e. The maximum absolute atomic E-state index is 12.5. The molecule has 8 heteroatoms. The predicted molar refractivity (Wildman–Crippen MR) is 78.1 cm³/mol. The lowest BCUT2D eigenvalue weighted by molar-refractivity contribution is 0.301. The molecule has 1 aromatic rings. The smallest absolute Gasteiger partial charge is 0.337 e. The quantitative estimate of drug-likeness (QED) is 0.821. The second kappa shape index (κ2) is 5.92. The normalized spacial score (nSPS) is 22.6. The Morgan fingerprint density at radius 2 is 1.71 bits per heavy atom. The Labute approximate surface area is 125 Å². The molecule has 7 nitrogen and oxygen atoms in total. The summed E-state index contributed by atoms with van der Waals surface area (Å²) in [6, 6.07) is 0.331. The summed E-state index contributed by atoms with van der Waals surface area (Å²) in [6.07, 6.45) is 4.44. The molecule has 1 aliphatic carbocycles. The molecule has 3 rings (SSSR count). The van der Waals surface area contributed by atoms with Crippen molar-refractivity contribution in [3.63, 3.8) is 0 Å². The van der Waals surface area contributed by atoms with Gasteiger partial charge in [-0.15, -0.1) is 0 Å². The zero-order chi connectivity index (χ0) is 14.9. The minimum absolute atomic E-state index is 0.205. The van der Waals surface area contributed by atoms with Crippen LogP contribution >= 0.6 is 0 Å². The minimum Gasteiger partial charge on any atom is -0.394 e. The van der Waals surface area contributed by atoms with Gasteiger partial charge in [0.25, 0.3) is 0 Å². The van der Waals surface area contributed by atoms with Crippen molar-refractivity contribution in [3.8, 4) is 0 Å². The number of hydrogen-bond acceptors (Lipinski definition) is 7. The lowest BCUT2D eigenvalue weighted by atomic mass is 10.0. The molecule has 2 aliphatic rings. The first-order chi connectivity index (χ1) is 10.1. The number of aromatic nitrogens is 2. The molecule has 1 saturated carbocycles. The first kappa shape index (κ1) is 14.8. The zero-order valence-corrected chi connectivity index (χ0v) is 13.2. The molecule has 1 aliphatic heterocycles. The minimum atomic E-state index is -3.47. The molecule has 0 atom stereocenters. The molecule has 0 spiro atoms. The number of piperazine rings is 1. The first-order valence-corrected chi connectivity index (χ1v) is 9.13. The fraction of sp³-hybridized carbons (Fsp3) is 0.846.